The van der Waals surface area contributed by atoms with E-state index in [1.807, 2.05) is 30.0 Å². The zero-order valence-corrected chi connectivity index (χ0v) is 18.7. The van der Waals surface area contributed by atoms with E-state index in [0.29, 0.717) is 37.5 Å². The summed E-state index contributed by atoms with van der Waals surface area (Å²) < 4.78 is 11.2. The third kappa shape index (κ3) is 4.59. The van der Waals surface area contributed by atoms with Crippen molar-refractivity contribution in [3.05, 3.63) is 58.3 Å². The van der Waals surface area contributed by atoms with Crippen LogP contribution < -0.4 is 15.3 Å². The highest BCUT2D eigenvalue weighted by Crippen LogP contribution is 2.24. The fourth-order valence-corrected chi connectivity index (χ4v) is 4.00. The van der Waals surface area contributed by atoms with Crippen LogP contribution in [0.15, 0.2) is 45.9 Å². The smallest absolute Gasteiger partial charge is 0.336 e. The number of hydrogen-bond acceptors (Lipinski definition) is 7. The summed E-state index contributed by atoms with van der Waals surface area (Å²) in [5.74, 6) is 1.34. The first kappa shape index (κ1) is 21.8. The molecule has 0 radical (unpaired) electrons. The Labute approximate surface area is 186 Å². The lowest BCUT2D eigenvalue weighted by Gasteiger charge is -2.36. The maximum absolute atomic E-state index is 12.9. The standard InChI is InChI=1S/C24H28N4O4/c1-4-17-12-23(29)32-21-14-19(6-7-20(17)21)31-16(3)24(30)28-10-8-27(9-11-28)22-13-18(5-2)25-15-26-22/h6-7,12-16H,4-5,8-11H2,1-3H3. The van der Waals surface area contributed by atoms with Crippen LogP contribution >= 0.6 is 0 Å². The van der Waals surface area contributed by atoms with Crippen molar-refractivity contribution in [1.82, 2.24) is 14.9 Å². The molecule has 0 saturated carbocycles. The van der Waals surface area contributed by atoms with Crippen LogP contribution in [0.5, 0.6) is 5.75 Å². The Balaban J connectivity index is 1.39. The Kier molecular flexibility index (Phi) is 6.39. The number of rotatable bonds is 6. The number of carbonyl (C=O) groups excluding carboxylic acids is 1. The van der Waals surface area contributed by atoms with Crippen molar-refractivity contribution in [3.63, 3.8) is 0 Å². The number of benzene rings is 1. The predicted octanol–water partition coefficient (Wildman–Crippen LogP) is 2.82. The topological polar surface area (TPSA) is 88.8 Å². The van der Waals surface area contributed by atoms with Gasteiger partial charge in [0.2, 0.25) is 0 Å². The van der Waals surface area contributed by atoms with Gasteiger partial charge in [-0.05, 0) is 37.5 Å². The molecule has 1 aromatic carbocycles. The molecule has 32 heavy (non-hydrogen) atoms. The summed E-state index contributed by atoms with van der Waals surface area (Å²) >= 11 is 0. The first-order valence-electron chi connectivity index (χ1n) is 11.1. The average molecular weight is 437 g/mol. The van der Waals surface area contributed by atoms with E-state index < -0.39 is 6.10 Å². The lowest BCUT2D eigenvalue weighted by molar-refractivity contribution is -0.138. The van der Waals surface area contributed by atoms with Gasteiger partial charge in [-0.2, -0.15) is 0 Å². The number of aromatic nitrogens is 2. The first-order valence-corrected chi connectivity index (χ1v) is 11.1. The highest BCUT2D eigenvalue weighted by molar-refractivity contribution is 5.83. The fourth-order valence-electron chi connectivity index (χ4n) is 4.00. The third-order valence-corrected chi connectivity index (χ3v) is 5.83. The second-order valence-electron chi connectivity index (χ2n) is 7.90. The summed E-state index contributed by atoms with van der Waals surface area (Å²) in [4.78, 5) is 37.4. The number of aryl methyl sites for hydroxylation is 2. The Hall–Kier alpha value is -3.42. The van der Waals surface area contributed by atoms with Gasteiger partial charge >= 0.3 is 5.63 Å². The molecule has 0 spiro atoms. The number of fused-ring (bicyclic) bond motifs is 1. The van der Waals surface area contributed by atoms with Crippen molar-refractivity contribution >= 4 is 22.7 Å². The van der Waals surface area contributed by atoms with E-state index in [-0.39, 0.29) is 11.5 Å². The maximum Gasteiger partial charge on any atom is 0.336 e. The predicted molar refractivity (Wildman–Crippen MR) is 122 cm³/mol. The van der Waals surface area contributed by atoms with Crippen LogP contribution in [0.2, 0.25) is 0 Å². The molecule has 0 N–H and O–H groups in total. The molecular weight excluding hydrogens is 408 g/mol. The van der Waals surface area contributed by atoms with E-state index in [1.165, 1.54) is 6.07 Å². The number of ether oxygens (including phenoxy) is 1. The van der Waals surface area contributed by atoms with Crippen LogP contribution in [-0.4, -0.2) is 53.1 Å². The molecule has 168 valence electrons. The van der Waals surface area contributed by atoms with Gasteiger partial charge < -0.3 is 19.0 Å². The monoisotopic (exact) mass is 436 g/mol. The molecule has 1 saturated heterocycles. The second-order valence-corrected chi connectivity index (χ2v) is 7.90. The van der Waals surface area contributed by atoms with Crippen molar-refractivity contribution in [2.45, 2.75) is 39.7 Å². The SMILES string of the molecule is CCc1cc(N2CCN(C(=O)C(C)Oc3ccc4c(CC)cc(=O)oc4c3)CC2)ncn1. The van der Waals surface area contributed by atoms with E-state index in [2.05, 4.69) is 21.8 Å². The van der Waals surface area contributed by atoms with E-state index in [1.54, 1.807) is 19.3 Å². The van der Waals surface area contributed by atoms with Crippen LogP contribution in [0.1, 0.15) is 32.0 Å². The van der Waals surface area contributed by atoms with Crippen LogP contribution in [0.4, 0.5) is 5.82 Å². The lowest BCUT2D eigenvalue weighted by Crippen LogP contribution is -2.52. The number of carbonyl (C=O) groups is 1. The van der Waals surface area contributed by atoms with Crippen LogP contribution in [0.25, 0.3) is 11.0 Å². The molecule has 1 fully saturated rings. The largest absolute Gasteiger partial charge is 0.481 e. The van der Waals surface area contributed by atoms with Gasteiger partial charge in [-0.1, -0.05) is 13.8 Å². The van der Waals surface area contributed by atoms with Gasteiger partial charge in [0.05, 0.1) is 0 Å². The average Bonchev–Trinajstić information content (AvgIpc) is 2.82. The van der Waals surface area contributed by atoms with Gasteiger partial charge in [0.15, 0.2) is 6.10 Å². The van der Waals surface area contributed by atoms with Gasteiger partial charge in [0.25, 0.3) is 5.91 Å². The minimum atomic E-state index is -0.647. The number of hydrogen-bond donors (Lipinski definition) is 0. The lowest BCUT2D eigenvalue weighted by atomic mass is 10.1. The van der Waals surface area contributed by atoms with E-state index in [9.17, 15) is 9.59 Å². The number of amides is 1. The summed E-state index contributed by atoms with van der Waals surface area (Å²) in [5, 5.41) is 0.880. The van der Waals surface area contributed by atoms with Gasteiger partial charge in [0.1, 0.15) is 23.5 Å². The summed E-state index contributed by atoms with van der Waals surface area (Å²) in [5.41, 5.74) is 2.02. The molecule has 3 aromatic rings. The Bertz CT molecular complexity index is 1170. The van der Waals surface area contributed by atoms with Crippen molar-refractivity contribution in [1.29, 1.82) is 0 Å². The second kappa shape index (κ2) is 9.38. The van der Waals surface area contributed by atoms with Crippen molar-refractivity contribution in [3.8, 4) is 5.75 Å². The molecule has 0 bridgehead atoms. The highest BCUT2D eigenvalue weighted by Gasteiger charge is 2.27. The molecule has 4 rings (SSSR count). The minimum Gasteiger partial charge on any atom is -0.481 e. The van der Waals surface area contributed by atoms with Crippen molar-refractivity contribution in [2.75, 3.05) is 31.1 Å². The molecule has 8 heteroatoms. The molecule has 1 unspecified atom stereocenters. The summed E-state index contributed by atoms with van der Waals surface area (Å²) in [7, 11) is 0. The van der Waals surface area contributed by atoms with Crippen LogP contribution in [-0.2, 0) is 17.6 Å². The molecule has 1 aliphatic heterocycles. The van der Waals surface area contributed by atoms with Crippen molar-refractivity contribution in [2.24, 2.45) is 0 Å². The fraction of sp³-hybridized carbons (Fsp3) is 0.417. The van der Waals surface area contributed by atoms with Gasteiger partial charge in [-0.15, -0.1) is 0 Å². The molecule has 3 heterocycles. The van der Waals surface area contributed by atoms with Gasteiger partial charge in [-0.25, -0.2) is 14.8 Å². The Morgan fingerprint density at radius 2 is 1.88 bits per heavy atom. The zero-order chi connectivity index (χ0) is 22.7. The number of anilines is 1. The summed E-state index contributed by atoms with van der Waals surface area (Å²) in [6.07, 6.45) is 2.54. The molecule has 0 aliphatic carbocycles. The number of piperazine rings is 1. The van der Waals surface area contributed by atoms with Crippen LogP contribution in [0, 0.1) is 0 Å². The van der Waals surface area contributed by atoms with Gasteiger partial charge in [-0.3, -0.25) is 4.79 Å². The Morgan fingerprint density at radius 3 is 2.59 bits per heavy atom. The maximum atomic E-state index is 12.9. The summed E-state index contributed by atoms with van der Waals surface area (Å²) in [6, 6.07) is 8.88. The Morgan fingerprint density at radius 1 is 1.09 bits per heavy atom. The van der Waals surface area contributed by atoms with E-state index in [0.717, 1.165) is 35.3 Å². The summed E-state index contributed by atoms with van der Waals surface area (Å²) in [6.45, 7) is 8.42. The molecule has 1 aliphatic rings. The third-order valence-electron chi connectivity index (χ3n) is 5.83. The molecule has 8 nitrogen and oxygen atoms in total. The first-order chi connectivity index (χ1) is 15.5. The molecule has 2 aromatic heterocycles. The minimum absolute atomic E-state index is 0.0644. The molecular formula is C24H28N4O4. The van der Waals surface area contributed by atoms with Gasteiger partial charge in [0, 0.05) is 55.5 Å². The highest BCUT2D eigenvalue weighted by atomic mass is 16.5. The number of nitrogens with zero attached hydrogens (tertiary/aromatic N) is 4. The van der Waals surface area contributed by atoms with Crippen LogP contribution in [0.3, 0.4) is 0 Å². The van der Waals surface area contributed by atoms with Crippen molar-refractivity contribution < 1.29 is 13.9 Å². The quantitative estimate of drug-likeness (QED) is 0.549. The zero-order valence-electron chi connectivity index (χ0n) is 18.7. The molecule has 1 amide bonds. The molecule has 1 atom stereocenters. The normalized spacial score (nSPS) is 15.1. The van der Waals surface area contributed by atoms with E-state index in [4.69, 9.17) is 9.15 Å². The van der Waals surface area contributed by atoms with E-state index >= 15 is 0 Å².